The zero-order chi connectivity index (χ0) is 14.0. The first-order valence-electron chi connectivity index (χ1n) is 5.98. The molecular weight excluding hydrogens is 250 g/mol. The molecule has 1 aromatic rings. The minimum Gasteiger partial charge on any atom is -0.296 e. The number of aryl methyl sites for hydroxylation is 2. The van der Waals surface area contributed by atoms with Crippen molar-refractivity contribution in [2.45, 2.75) is 20.3 Å². The van der Waals surface area contributed by atoms with Crippen molar-refractivity contribution < 1.29 is 13.0 Å². The lowest BCUT2D eigenvalue weighted by atomic mass is 10.1. The molecule has 0 aliphatic heterocycles. The van der Waals surface area contributed by atoms with Crippen LogP contribution < -0.4 is 4.48 Å². The van der Waals surface area contributed by atoms with Gasteiger partial charge in [0.2, 0.25) is 0 Å². The molecule has 0 bridgehead atoms. The van der Waals surface area contributed by atoms with E-state index >= 15 is 0 Å². The fourth-order valence-corrected chi connectivity index (χ4v) is 2.37. The molecule has 0 radical (unpaired) electrons. The first-order valence-corrected chi connectivity index (χ1v) is 7.59. The van der Waals surface area contributed by atoms with Gasteiger partial charge in [-0.3, -0.25) is 9.04 Å². The highest BCUT2D eigenvalue weighted by Crippen LogP contribution is 2.22. The van der Waals surface area contributed by atoms with Crippen molar-refractivity contribution in [1.82, 2.24) is 4.48 Å². The largest absolute Gasteiger partial charge is 0.296 e. The van der Waals surface area contributed by atoms with Gasteiger partial charge < -0.3 is 0 Å². The summed E-state index contributed by atoms with van der Waals surface area (Å²) < 4.78 is 30.7. The fourth-order valence-electron chi connectivity index (χ4n) is 1.87. The van der Waals surface area contributed by atoms with E-state index in [-0.39, 0.29) is 5.75 Å². The molecule has 0 spiro atoms. The molecule has 1 N–H and O–H groups in total. The van der Waals surface area contributed by atoms with Crippen molar-refractivity contribution in [2.75, 3.05) is 26.4 Å². The molecule has 0 unspecified atom stereocenters. The molecule has 0 amide bonds. The van der Waals surface area contributed by atoms with E-state index in [0.29, 0.717) is 17.4 Å². The third kappa shape index (κ3) is 4.40. The van der Waals surface area contributed by atoms with Crippen molar-refractivity contribution in [3.8, 4) is 0 Å². The molecule has 1 rings (SSSR count). The number of hydrogen-bond donors (Lipinski definition) is 1. The summed E-state index contributed by atoms with van der Waals surface area (Å²) >= 11 is 0. The Kier molecular flexibility index (Phi) is 4.53. The zero-order valence-corrected chi connectivity index (χ0v) is 12.3. The van der Waals surface area contributed by atoms with E-state index in [4.69, 9.17) is 4.55 Å². The van der Waals surface area contributed by atoms with Crippen molar-refractivity contribution in [3.63, 3.8) is 0 Å². The number of nitrogens with zero attached hydrogens (tertiary/aromatic N) is 1. The van der Waals surface area contributed by atoms with E-state index in [0.717, 1.165) is 5.69 Å². The van der Waals surface area contributed by atoms with Crippen LogP contribution in [0.25, 0.3) is 0 Å². The van der Waals surface area contributed by atoms with Crippen LogP contribution in [0.4, 0.5) is 5.69 Å². The summed E-state index contributed by atoms with van der Waals surface area (Å²) in [6.45, 7) is 4.80. The highest BCUT2D eigenvalue weighted by molar-refractivity contribution is 7.85. The lowest BCUT2D eigenvalue weighted by Gasteiger charge is -2.29. The fraction of sp³-hybridized carbons (Fsp3) is 0.538. The summed E-state index contributed by atoms with van der Waals surface area (Å²) in [5.74, 6) is -0.181. The SMILES string of the molecule is Cc1ccc([N+](C)(C)CCCS(=O)(=O)O)cc1C. The van der Waals surface area contributed by atoms with Crippen LogP contribution in [0.5, 0.6) is 0 Å². The standard InChI is InChI=1S/C13H21NO3S/c1-11-6-7-13(10-12(11)2)14(3,4)8-5-9-18(15,16)17/h6-7,10H,5,8-9H2,1-4H3/p+1. The highest BCUT2D eigenvalue weighted by Gasteiger charge is 2.20. The van der Waals surface area contributed by atoms with Crippen LogP contribution in [-0.2, 0) is 10.1 Å². The lowest BCUT2D eigenvalue weighted by Crippen LogP contribution is -2.42. The number of rotatable bonds is 5. The summed E-state index contributed by atoms with van der Waals surface area (Å²) in [6.07, 6.45) is 0.443. The average molecular weight is 272 g/mol. The zero-order valence-electron chi connectivity index (χ0n) is 11.5. The molecule has 4 nitrogen and oxygen atoms in total. The molecular formula is C13H22NO3S+. The van der Waals surface area contributed by atoms with E-state index in [2.05, 4.69) is 32.0 Å². The molecule has 0 fully saturated rings. The number of benzene rings is 1. The maximum atomic E-state index is 10.7. The third-order valence-electron chi connectivity index (χ3n) is 3.31. The maximum Gasteiger partial charge on any atom is 0.265 e. The van der Waals surface area contributed by atoms with Crippen molar-refractivity contribution >= 4 is 15.8 Å². The highest BCUT2D eigenvalue weighted by atomic mass is 32.2. The van der Waals surface area contributed by atoms with Crippen LogP contribution in [0.2, 0.25) is 0 Å². The van der Waals surface area contributed by atoms with Crippen LogP contribution >= 0.6 is 0 Å². The minimum absolute atomic E-state index is 0.181. The summed E-state index contributed by atoms with van der Waals surface area (Å²) in [5.41, 5.74) is 3.62. The van der Waals surface area contributed by atoms with E-state index in [9.17, 15) is 8.42 Å². The van der Waals surface area contributed by atoms with Crippen molar-refractivity contribution in [2.24, 2.45) is 0 Å². The Morgan fingerprint density at radius 2 is 1.78 bits per heavy atom. The minimum atomic E-state index is -3.85. The smallest absolute Gasteiger partial charge is 0.265 e. The van der Waals surface area contributed by atoms with Gasteiger partial charge in [-0.25, -0.2) is 0 Å². The average Bonchev–Trinajstić information content (AvgIpc) is 2.19. The van der Waals surface area contributed by atoms with Gasteiger partial charge in [-0.2, -0.15) is 8.42 Å². The summed E-state index contributed by atoms with van der Waals surface area (Å²) in [4.78, 5) is 0. The monoisotopic (exact) mass is 272 g/mol. The van der Waals surface area contributed by atoms with Crippen LogP contribution in [0.15, 0.2) is 18.2 Å². The quantitative estimate of drug-likeness (QED) is 0.660. The lowest BCUT2D eigenvalue weighted by molar-refractivity contribution is 0.394. The van der Waals surface area contributed by atoms with Gasteiger partial charge in [0.15, 0.2) is 0 Å². The second kappa shape index (κ2) is 5.38. The predicted molar refractivity (Wildman–Crippen MR) is 75.5 cm³/mol. The van der Waals surface area contributed by atoms with E-state index in [1.165, 1.54) is 11.1 Å². The first kappa shape index (κ1) is 15.1. The maximum absolute atomic E-state index is 10.7. The van der Waals surface area contributed by atoms with Crippen LogP contribution in [0.1, 0.15) is 17.5 Å². The molecule has 102 valence electrons. The molecule has 0 aromatic heterocycles. The normalized spacial score (nSPS) is 12.7. The van der Waals surface area contributed by atoms with Gasteiger partial charge in [0.25, 0.3) is 10.1 Å². The first-order chi connectivity index (χ1) is 8.12. The Morgan fingerprint density at radius 3 is 2.28 bits per heavy atom. The third-order valence-corrected chi connectivity index (χ3v) is 4.11. The molecule has 0 atom stereocenters. The summed E-state index contributed by atoms with van der Waals surface area (Å²) in [6, 6.07) is 6.27. The van der Waals surface area contributed by atoms with Gasteiger partial charge >= 0.3 is 0 Å². The molecule has 0 aliphatic rings. The molecule has 18 heavy (non-hydrogen) atoms. The van der Waals surface area contributed by atoms with Crippen LogP contribution in [0, 0.1) is 13.8 Å². The van der Waals surface area contributed by atoms with Gasteiger partial charge in [0, 0.05) is 12.5 Å². The van der Waals surface area contributed by atoms with Gasteiger partial charge in [0.05, 0.1) is 26.4 Å². The molecule has 0 saturated heterocycles. The Bertz CT molecular complexity index is 521. The molecule has 0 heterocycles. The van der Waals surface area contributed by atoms with Gasteiger partial charge in [-0.05, 0) is 31.0 Å². The van der Waals surface area contributed by atoms with Crippen molar-refractivity contribution in [1.29, 1.82) is 0 Å². The van der Waals surface area contributed by atoms with Gasteiger partial charge in [0.1, 0.15) is 5.69 Å². The Hall–Kier alpha value is -0.910. The Morgan fingerprint density at radius 1 is 1.17 bits per heavy atom. The summed E-state index contributed by atoms with van der Waals surface area (Å²) in [7, 11) is 0.218. The van der Waals surface area contributed by atoms with Crippen molar-refractivity contribution in [3.05, 3.63) is 29.3 Å². The van der Waals surface area contributed by atoms with E-state index in [1.807, 2.05) is 14.1 Å². The van der Waals surface area contributed by atoms with Crippen LogP contribution in [-0.4, -0.2) is 39.4 Å². The molecule has 5 heteroatoms. The Labute approximate surface area is 110 Å². The topological polar surface area (TPSA) is 54.4 Å². The van der Waals surface area contributed by atoms with Gasteiger partial charge in [-0.15, -0.1) is 0 Å². The molecule has 0 saturated carbocycles. The molecule has 0 aliphatic carbocycles. The van der Waals surface area contributed by atoms with Crippen LogP contribution in [0.3, 0.4) is 0 Å². The summed E-state index contributed by atoms with van der Waals surface area (Å²) in [5, 5.41) is 0. The predicted octanol–water partition coefficient (Wildman–Crippen LogP) is 2.15. The number of hydrogen-bond acceptors (Lipinski definition) is 2. The van der Waals surface area contributed by atoms with Gasteiger partial charge in [-0.1, -0.05) is 6.07 Å². The second-order valence-corrected chi connectivity index (χ2v) is 6.89. The van der Waals surface area contributed by atoms with E-state index in [1.54, 1.807) is 0 Å². The van der Waals surface area contributed by atoms with E-state index < -0.39 is 10.1 Å². The second-order valence-electron chi connectivity index (χ2n) is 5.32. The number of quaternary nitrogens is 1. The molecule has 1 aromatic carbocycles. The Balaban J connectivity index is 2.76.